The Bertz CT molecular complexity index is 127. The summed E-state index contributed by atoms with van der Waals surface area (Å²) >= 11 is 4.06. The fourth-order valence-electron chi connectivity index (χ4n) is 1.15. The van der Waals surface area contributed by atoms with Gasteiger partial charge in [0, 0.05) is 13.0 Å². The number of amides is 1. The molecular formula is C7H13NOS. The number of nitrogens with zero attached hydrogens (tertiary/aromatic N) is 1. The van der Waals surface area contributed by atoms with Crippen molar-refractivity contribution in [1.29, 1.82) is 0 Å². The van der Waals surface area contributed by atoms with Gasteiger partial charge in [0.25, 0.3) is 0 Å². The number of hydrogen-bond acceptors (Lipinski definition) is 2. The second-order valence-electron chi connectivity index (χ2n) is 2.68. The zero-order valence-electron chi connectivity index (χ0n) is 6.05. The SMILES string of the molecule is O=C1CCCCCCN1S. The molecule has 2 nitrogen and oxygen atoms in total. The van der Waals surface area contributed by atoms with Gasteiger partial charge in [-0.05, 0) is 12.8 Å². The first-order chi connectivity index (χ1) is 4.80. The number of rotatable bonds is 0. The highest BCUT2D eigenvalue weighted by Gasteiger charge is 2.10. The van der Waals surface area contributed by atoms with Gasteiger partial charge in [0.05, 0.1) is 0 Å². The van der Waals surface area contributed by atoms with Crippen molar-refractivity contribution in [1.82, 2.24) is 4.31 Å². The Morgan fingerprint density at radius 3 is 2.70 bits per heavy atom. The zero-order valence-corrected chi connectivity index (χ0v) is 6.94. The lowest BCUT2D eigenvalue weighted by Crippen LogP contribution is -2.23. The first-order valence-electron chi connectivity index (χ1n) is 3.80. The molecule has 0 N–H and O–H groups in total. The Morgan fingerprint density at radius 1 is 1.20 bits per heavy atom. The predicted molar refractivity (Wildman–Crippen MR) is 43.8 cm³/mol. The van der Waals surface area contributed by atoms with E-state index in [-0.39, 0.29) is 5.91 Å². The van der Waals surface area contributed by atoms with Crippen molar-refractivity contribution in [2.45, 2.75) is 32.1 Å². The Kier molecular flexibility index (Phi) is 3.06. The highest BCUT2D eigenvalue weighted by Crippen LogP contribution is 2.12. The zero-order chi connectivity index (χ0) is 7.40. The third kappa shape index (κ3) is 2.21. The molecule has 0 spiro atoms. The van der Waals surface area contributed by atoms with E-state index in [1.165, 1.54) is 12.8 Å². The van der Waals surface area contributed by atoms with Crippen molar-refractivity contribution in [3.63, 3.8) is 0 Å². The minimum Gasteiger partial charge on any atom is -0.289 e. The van der Waals surface area contributed by atoms with Crippen LogP contribution in [0.15, 0.2) is 0 Å². The topological polar surface area (TPSA) is 20.3 Å². The van der Waals surface area contributed by atoms with Gasteiger partial charge in [0.15, 0.2) is 0 Å². The molecule has 1 aliphatic heterocycles. The number of hydrogen-bond donors (Lipinski definition) is 1. The molecule has 0 unspecified atom stereocenters. The van der Waals surface area contributed by atoms with Gasteiger partial charge in [-0.3, -0.25) is 9.10 Å². The Hall–Kier alpha value is -0.180. The van der Waals surface area contributed by atoms with Crippen LogP contribution < -0.4 is 0 Å². The molecule has 1 amide bonds. The Labute approximate surface area is 67.1 Å². The largest absolute Gasteiger partial charge is 0.289 e. The molecule has 3 heteroatoms. The van der Waals surface area contributed by atoms with E-state index in [4.69, 9.17) is 0 Å². The van der Waals surface area contributed by atoms with Crippen LogP contribution in [0.1, 0.15) is 32.1 Å². The van der Waals surface area contributed by atoms with Gasteiger partial charge < -0.3 is 0 Å². The first-order valence-corrected chi connectivity index (χ1v) is 4.20. The quantitative estimate of drug-likeness (QED) is 0.533. The van der Waals surface area contributed by atoms with Gasteiger partial charge in [0.2, 0.25) is 5.91 Å². The summed E-state index contributed by atoms with van der Waals surface area (Å²) in [6.07, 6.45) is 5.27. The monoisotopic (exact) mass is 159 g/mol. The van der Waals surface area contributed by atoms with Crippen LogP contribution in [0.5, 0.6) is 0 Å². The summed E-state index contributed by atoms with van der Waals surface area (Å²) in [5, 5.41) is 0. The fourth-order valence-corrected chi connectivity index (χ4v) is 1.39. The second kappa shape index (κ2) is 3.86. The van der Waals surface area contributed by atoms with E-state index in [0.29, 0.717) is 6.42 Å². The molecule has 0 atom stereocenters. The van der Waals surface area contributed by atoms with E-state index in [0.717, 1.165) is 19.4 Å². The van der Waals surface area contributed by atoms with Crippen molar-refractivity contribution < 1.29 is 4.79 Å². The maximum absolute atomic E-state index is 11.0. The number of carbonyl (C=O) groups excluding carboxylic acids is 1. The van der Waals surface area contributed by atoms with E-state index in [1.54, 1.807) is 4.31 Å². The minimum absolute atomic E-state index is 0.183. The predicted octanol–water partition coefficient (Wildman–Crippen LogP) is 1.62. The molecule has 10 heavy (non-hydrogen) atoms. The smallest absolute Gasteiger partial charge is 0.232 e. The van der Waals surface area contributed by atoms with Gasteiger partial charge in [-0.25, -0.2) is 0 Å². The number of thiol groups is 1. The van der Waals surface area contributed by atoms with Crippen LogP contribution in [0.4, 0.5) is 0 Å². The van der Waals surface area contributed by atoms with E-state index in [1.807, 2.05) is 0 Å². The van der Waals surface area contributed by atoms with Crippen LogP contribution >= 0.6 is 12.8 Å². The van der Waals surface area contributed by atoms with Gasteiger partial charge in [-0.15, -0.1) is 0 Å². The second-order valence-corrected chi connectivity index (χ2v) is 3.16. The lowest BCUT2D eigenvalue weighted by atomic mass is 10.1. The van der Waals surface area contributed by atoms with Crippen LogP contribution in [-0.2, 0) is 4.79 Å². The van der Waals surface area contributed by atoms with E-state index in [2.05, 4.69) is 12.8 Å². The molecule has 0 aliphatic carbocycles. The molecule has 0 bridgehead atoms. The summed E-state index contributed by atoms with van der Waals surface area (Å²) in [5.74, 6) is 0.183. The summed E-state index contributed by atoms with van der Waals surface area (Å²) in [6.45, 7) is 0.821. The normalized spacial score (nSPS) is 22.1. The van der Waals surface area contributed by atoms with Crippen LogP contribution in [0.25, 0.3) is 0 Å². The van der Waals surface area contributed by atoms with Crippen molar-refractivity contribution in [3.8, 4) is 0 Å². The molecule has 0 aromatic rings. The van der Waals surface area contributed by atoms with Crippen molar-refractivity contribution in [2.24, 2.45) is 0 Å². The molecule has 0 aromatic heterocycles. The van der Waals surface area contributed by atoms with Crippen LogP contribution in [0.3, 0.4) is 0 Å². The molecular weight excluding hydrogens is 146 g/mol. The van der Waals surface area contributed by atoms with E-state index < -0.39 is 0 Å². The third-order valence-corrected chi connectivity index (χ3v) is 2.22. The number of carbonyl (C=O) groups is 1. The lowest BCUT2D eigenvalue weighted by molar-refractivity contribution is -0.126. The van der Waals surface area contributed by atoms with Crippen LogP contribution in [0.2, 0.25) is 0 Å². The Balaban J connectivity index is 2.35. The molecule has 1 rings (SSSR count). The molecule has 1 aliphatic rings. The molecule has 0 radical (unpaired) electrons. The summed E-state index contributed by atoms with van der Waals surface area (Å²) in [6, 6.07) is 0. The average molecular weight is 159 g/mol. The summed E-state index contributed by atoms with van der Waals surface area (Å²) < 4.78 is 1.54. The van der Waals surface area contributed by atoms with Gasteiger partial charge in [-0.1, -0.05) is 25.7 Å². The maximum atomic E-state index is 11.0. The molecule has 0 aromatic carbocycles. The summed E-state index contributed by atoms with van der Waals surface area (Å²) in [5.41, 5.74) is 0. The summed E-state index contributed by atoms with van der Waals surface area (Å²) in [4.78, 5) is 11.0. The minimum atomic E-state index is 0.183. The highest BCUT2D eigenvalue weighted by molar-refractivity contribution is 7.78. The lowest BCUT2D eigenvalue weighted by Gasteiger charge is -2.17. The van der Waals surface area contributed by atoms with Crippen molar-refractivity contribution in [2.75, 3.05) is 6.54 Å². The Morgan fingerprint density at radius 2 is 1.90 bits per heavy atom. The van der Waals surface area contributed by atoms with Gasteiger partial charge >= 0.3 is 0 Å². The molecule has 58 valence electrons. The molecule has 0 saturated carbocycles. The van der Waals surface area contributed by atoms with Gasteiger partial charge in [0.1, 0.15) is 0 Å². The summed E-state index contributed by atoms with van der Waals surface area (Å²) in [7, 11) is 0. The molecule has 1 fully saturated rings. The highest BCUT2D eigenvalue weighted by atomic mass is 32.1. The maximum Gasteiger partial charge on any atom is 0.232 e. The van der Waals surface area contributed by atoms with Crippen LogP contribution in [0, 0.1) is 0 Å². The average Bonchev–Trinajstić information content (AvgIpc) is 1.92. The van der Waals surface area contributed by atoms with E-state index in [9.17, 15) is 4.79 Å². The fraction of sp³-hybridized carbons (Fsp3) is 0.857. The van der Waals surface area contributed by atoms with Gasteiger partial charge in [-0.2, -0.15) is 0 Å². The van der Waals surface area contributed by atoms with Crippen molar-refractivity contribution >= 4 is 18.7 Å². The first kappa shape index (κ1) is 7.92. The van der Waals surface area contributed by atoms with Crippen molar-refractivity contribution in [3.05, 3.63) is 0 Å². The molecule has 1 saturated heterocycles. The van der Waals surface area contributed by atoms with E-state index >= 15 is 0 Å². The molecule has 1 heterocycles. The standard InChI is InChI=1S/C7H13NOS/c9-7-5-3-1-2-4-6-8(7)10/h10H,1-6H2. The van der Waals surface area contributed by atoms with Crippen LogP contribution in [-0.4, -0.2) is 16.8 Å². The third-order valence-electron chi connectivity index (χ3n) is 1.80.